The van der Waals surface area contributed by atoms with Crippen molar-refractivity contribution in [3.8, 4) is 0 Å². The van der Waals surface area contributed by atoms with Gasteiger partial charge in [-0.2, -0.15) is 105 Å². The lowest BCUT2D eigenvalue weighted by Gasteiger charge is -2.46. The molecule has 0 unspecified atom stereocenters. The summed E-state index contributed by atoms with van der Waals surface area (Å²) in [7, 11) is -9.25. The minimum atomic E-state index is -7.93. The van der Waals surface area contributed by atoms with Crippen molar-refractivity contribution in [3.05, 3.63) is 24.3 Å². The first-order valence-electron chi connectivity index (χ1n) is 11.2. The Labute approximate surface area is 246 Å². The van der Waals surface area contributed by atoms with Crippen LogP contribution in [0.5, 0.6) is 0 Å². The molecular weight excluding hydrogens is 758 g/mol. The summed E-state index contributed by atoms with van der Waals surface area (Å²) in [5.41, 5.74) is -35.5. The highest BCUT2D eigenvalue weighted by Crippen LogP contribution is 2.68. The van der Waals surface area contributed by atoms with E-state index in [9.17, 15) is 105 Å². The Morgan fingerprint density at radius 2 is 0.458 bits per heavy atom. The first-order valence-corrected chi connectivity index (χ1v) is 11.2. The zero-order valence-corrected chi connectivity index (χ0v) is 21.2. The maximum Gasteiger partial charge on any atom is 0.495 e. The van der Waals surface area contributed by atoms with E-state index >= 15 is 0 Å². The fourth-order valence-corrected chi connectivity index (χ4v) is 4.99. The third kappa shape index (κ3) is 4.91. The molecule has 0 radical (unpaired) electrons. The van der Waals surface area contributed by atoms with E-state index in [2.05, 4.69) is 18.6 Å². The summed E-state index contributed by atoms with van der Waals surface area (Å²) >= 11 is 0. The summed E-state index contributed by atoms with van der Waals surface area (Å²) < 4.78 is 344. The van der Waals surface area contributed by atoms with Crippen LogP contribution in [0.4, 0.5) is 105 Å². The van der Waals surface area contributed by atoms with Crippen molar-refractivity contribution < 1.29 is 124 Å². The van der Waals surface area contributed by atoms with Crippen molar-refractivity contribution in [1.29, 1.82) is 0 Å². The number of halogens is 24. The molecule has 0 aromatic heterocycles. The summed E-state index contributed by atoms with van der Waals surface area (Å²) in [6.07, 6.45) is -63.4. The maximum absolute atomic E-state index is 13.8. The predicted molar refractivity (Wildman–Crippen MR) is 101 cm³/mol. The van der Waals surface area contributed by atoms with Gasteiger partial charge in [0.2, 0.25) is 0 Å². The molecule has 48 heavy (non-hydrogen) atoms. The molecule has 1 aromatic rings. The average molecular weight is 762 g/mol. The monoisotopic (exact) mass is 762 g/mol. The quantitative estimate of drug-likeness (QED) is 0.251. The van der Waals surface area contributed by atoms with Gasteiger partial charge in [-0.1, -0.05) is 24.3 Å². The molecule has 4 nitrogen and oxygen atoms in total. The van der Waals surface area contributed by atoms with E-state index < -0.39 is 109 Å². The van der Waals surface area contributed by atoms with Gasteiger partial charge in [-0.05, 0) is 10.9 Å². The van der Waals surface area contributed by atoms with Gasteiger partial charge in [0.25, 0.3) is 22.4 Å². The number of hydrogen-bond donors (Lipinski definition) is 0. The first kappa shape index (κ1) is 39.9. The topological polar surface area (TPSA) is 36.9 Å². The molecule has 274 valence electrons. The van der Waals surface area contributed by atoms with E-state index in [-0.39, 0.29) is 12.1 Å². The van der Waals surface area contributed by atoms with Crippen molar-refractivity contribution in [3.63, 3.8) is 0 Å². The lowest BCUT2D eigenvalue weighted by atomic mass is 9.65. The molecule has 2 saturated heterocycles. The molecule has 0 atom stereocenters. The average Bonchev–Trinajstić information content (AvgIpc) is 3.40. The van der Waals surface area contributed by atoms with Crippen LogP contribution in [0.1, 0.15) is 0 Å². The minimum absolute atomic E-state index is 0.0894. The second-order valence-electron chi connectivity index (χ2n) is 9.47. The van der Waals surface area contributed by atoms with Gasteiger partial charge in [-0.3, -0.25) is 0 Å². The zero-order valence-electron chi connectivity index (χ0n) is 21.2. The van der Waals surface area contributed by atoms with Gasteiger partial charge in [0.05, 0.1) is 0 Å². The van der Waals surface area contributed by atoms with Crippen LogP contribution in [-0.4, -0.2) is 86.1 Å². The molecular formula is C18H4B2F24O4. The number of alkyl halides is 24. The predicted octanol–water partition coefficient (Wildman–Crippen LogP) is 6.62. The number of benzene rings is 1. The highest BCUT2D eigenvalue weighted by molar-refractivity contribution is 6.74. The summed E-state index contributed by atoms with van der Waals surface area (Å²) in [6.45, 7) is 0. The minimum Gasteiger partial charge on any atom is -0.383 e. The highest BCUT2D eigenvalue weighted by atomic mass is 19.5. The van der Waals surface area contributed by atoms with Crippen molar-refractivity contribution in [1.82, 2.24) is 0 Å². The van der Waals surface area contributed by atoms with E-state index in [0.29, 0.717) is 0 Å². The van der Waals surface area contributed by atoms with Crippen LogP contribution in [0, 0.1) is 0 Å². The van der Waals surface area contributed by atoms with Gasteiger partial charge >= 0.3 is 63.6 Å². The van der Waals surface area contributed by atoms with Crippen molar-refractivity contribution >= 4 is 25.2 Å². The van der Waals surface area contributed by atoms with Gasteiger partial charge in [-0.15, -0.1) is 0 Å². The molecule has 0 bridgehead atoms. The smallest absolute Gasteiger partial charge is 0.383 e. The Morgan fingerprint density at radius 3 is 0.583 bits per heavy atom. The van der Waals surface area contributed by atoms with Crippen LogP contribution in [0.15, 0.2) is 24.3 Å². The highest BCUT2D eigenvalue weighted by Gasteiger charge is 3.00. The molecule has 2 fully saturated rings. The summed E-state index contributed by atoms with van der Waals surface area (Å²) in [4.78, 5) is 0. The van der Waals surface area contributed by atoms with Crippen molar-refractivity contribution in [2.24, 2.45) is 0 Å². The Kier molecular flexibility index (Phi) is 8.75. The Hall–Kier alpha value is -2.49. The Morgan fingerprint density at radius 1 is 0.312 bits per heavy atom. The van der Waals surface area contributed by atoms with Crippen LogP contribution in [0.2, 0.25) is 0 Å². The first-order chi connectivity index (χ1) is 20.9. The van der Waals surface area contributed by atoms with Crippen LogP contribution in [-0.2, 0) is 18.6 Å². The molecule has 0 spiro atoms. The largest absolute Gasteiger partial charge is 0.495 e. The van der Waals surface area contributed by atoms with Crippen LogP contribution in [0.3, 0.4) is 0 Å². The fraction of sp³-hybridized carbons (Fsp3) is 0.667. The molecule has 1 aromatic carbocycles. The van der Waals surface area contributed by atoms with Crippen molar-refractivity contribution in [2.45, 2.75) is 71.8 Å². The molecule has 0 saturated carbocycles. The van der Waals surface area contributed by atoms with Gasteiger partial charge < -0.3 is 18.6 Å². The van der Waals surface area contributed by atoms with E-state index in [1.807, 2.05) is 0 Å². The standard InChI is InChI=1S/C18H4B2F24O4/c21-11(22,23)7(12(24,25)26)8(13(27,28)29,14(30,31)32)46-19(45-7)5-3-1-2-4-6(5)20-47-9(15(33,34)35,16(36,37)38)10(48-20,17(39,40)41)18(42,43)44/h1-4H. The third-order valence-corrected chi connectivity index (χ3v) is 6.82. The molecule has 0 aliphatic carbocycles. The molecule has 30 heteroatoms. The summed E-state index contributed by atoms with van der Waals surface area (Å²) in [5.74, 6) is 0. The second-order valence-corrected chi connectivity index (χ2v) is 9.47. The van der Waals surface area contributed by atoms with Crippen molar-refractivity contribution in [2.75, 3.05) is 0 Å². The molecule has 2 aliphatic rings. The molecule has 0 N–H and O–H groups in total. The molecule has 2 aliphatic heterocycles. The second kappa shape index (κ2) is 10.5. The summed E-state index contributed by atoms with van der Waals surface area (Å²) in [6, 6.07) is -0.660. The molecule has 2 heterocycles. The Balaban J connectivity index is 2.47. The SMILES string of the molecule is FC(F)(F)C1(C(F)(F)F)OB(c2ccccc2B2OC(C(F)(F)F)(C(F)(F)F)C(C(F)(F)F)(C(F)(F)F)O2)OC1(C(F)(F)F)C(F)(F)F. The third-order valence-electron chi connectivity index (χ3n) is 6.82. The van der Waals surface area contributed by atoms with E-state index in [4.69, 9.17) is 0 Å². The van der Waals surface area contributed by atoms with E-state index in [1.54, 1.807) is 0 Å². The molecule has 3 rings (SSSR count). The number of rotatable bonds is 2. The van der Waals surface area contributed by atoms with Crippen LogP contribution < -0.4 is 10.9 Å². The van der Waals surface area contributed by atoms with Crippen LogP contribution >= 0.6 is 0 Å². The fourth-order valence-electron chi connectivity index (χ4n) is 4.99. The summed E-state index contributed by atoms with van der Waals surface area (Å²) in [5, 5.41) is 0. The lowest BCUT2D eigenvalue weighted by Crippen LogP contribution is -2.79. The van der Waals surface area contributed by atoms with Gasteiger partial charge in [-0.25, -0.2) is 0 Å². The van der Waals surface area contributed by atoms with E-state index in [1.165, 1.54) is 0 Å². The van der Waals surface area contributed by atoms with E-state index in [0.717, 1.165) is 0 Å². The molecule has 0 amide bonds. The Bertz CT molecular complexity index is 1120. The van der Waals surface area contributed by atoms with Gasteiger partial charge in [0.1, 0.15) is 0 Å². The van der Waals surface area contributed by atoms with Crippen LogP contribution in [0.25, 0.3) is 0 Å². The zero-order chi connectivity index (χ0) is 38.0. The number of hydrogen-bond acceptors (Lipinski definition) is 4. The lowest BCUT2D eigenvalue weighted by molar-refractivity contribution is -0.464. The van der Waals surface area contributed by atoms with Gasteiger partial charge in [0.15, 0.2) is 0 Å². The normalized spacial score (nSPS) is 22.4. The maximum atomic E-state index is 13.8. The van der Waals surface area contributed by atoms with Gasteiger partial charge in [0, 0.05) is 0 Å².